The van der Waals surface area contributed by atoms with Gasteiger partial charge in [0.1, 0.15) is 23.1 Å². The normalized spacial score (nSPS) is 19.3. The zero-order chi connectivity index (χ0) is 20.8. The van der Waals surface area contributed by atoms with E-state index in [4.69, 9.17) is 9.72 Å². The van der Waals surface area contributed by atoms with E-state index in [1.807, 2.05) is 11.6 Å². The molecule has 2 aliphatic rings. The molecule has 2 aromatic heterocycles. The number of benzene rings is 1. The maximum Gasteiger partial charge on any atom is 0.262 e. The van der Waals surface area contributed by atoms with E-state index in [1.54, 1.807) is 6.20 Å². The molecule has 1 saturated heterocycles. The second kappa shape index (κ2) is 7.46. The van der Waals surface area contributed by atoms with Crippen molar-refractivity contribution >= 4 is 11.0 Å². The Balaban J connectivity index is 1.30. The van der Waals surface area contributed by atoms with Crippen LogP contribution >= 0.6 is 0 Å². The van der Waals surface area contributed by atoms with Crippen LogP contribution in [0.2, 0.25) is 0 Å². The summed E-state index contributed by atoms with van der Waals surface area (Å²) in [5.41, 5.74) is 0.462. The number of nitrogens with zero attached hydrogens (tertiary/aromatic N) is 4. The van der Waals surface area contributed by atoms with Crippen LogP contribution in [0.5, 0.6) is 5.75 Å². The van der Waals surface area contributed by atoms with Crippen LogP contribution in [0.25, 0.3) is 11.0 Å². The number of hydrogen-bond donors (Lipinski definition) is 1. The molecule has 1 aliphatic heterocycles. The number of likely N-dealkylation sites (tertiary alicyclic amines) is 1. The number of aromatic amines is 1. The predicted molar refractivity (Wildman–Crippen MR) is 106 cm³/mol. The monoisotopic (exact) mass is 415 g/mol. The summed E-state index contributed by atoms with van der Waals surface area (Å²) >= 11 is 0. The average molecular weight is 415 g/mol. The lowest BCUT2D eigenvalue weighted by Crippen LogP contribution is -2.54. The van der Waals surface area contributed by atoms with Gasteiger partial charge in [0.2, 0.25) is 0 Å². The second-order valence-electron chi connectivity index (χ2n) is 8.16. The number of rotatable bonds is 5. The largest absolute Gasteiger partial charge is 0.488 e. The molecule has 158 valence electrons. The third-order valence-corrected chi connectivity index (χ3v) is 6.17. The van der Waals surface area contributed by atoms with Gasteiger partial charge in [0.15, 0.2) is 17.3 Å². The van der Waals surface area contributed by atoms with Crippen molar-refractivity contribution in [3.8, 4) is 5.75 Å². The summed E-state index contributed by atoms with van der Waals surface area (Å²) in [5, 5.41) is 4.95. The first-order valence-corrected chi connectivity index (χ1v) is 10.3. The molecule has 0 spiro atoms. The SMILES string of the molecule is CC(c1nc2c(cnn2C2CCCC2)c(=O)[nH]1)N1CC(Oc2ccc(F)c(F)c2)C1. The Morgan fingerprint density at radius 1 is 1.20 bits per heavy atom. The zero-order valence-electron chi connectivity index (χ0n) is 16.6. The molecule has 1 aliphatic carbocycles. The van der Waals surface area contributed by atoms with Gasteiger partial charge >= 0.3 is 0 Å². The molecular weight excluding hydrogens is 392 g/mol. The van der Waals surface area contributed by atoms with E-state index in [1.165, 1.54) is 18.9 Å². The van der Waals surface area contributed by atoms with E-state index in [2.05, 4.69) is 15.0 Å². The standard InChI is InChI=1S/C21H23F2N5O2/c1-12(27-10-15(11-27)30-14-6-7-17(22)18(23)8-14)19-25-20-16(21(29)26-19)9-24-28(20)13-4-2-3-5-13/h6-9,12-13,15H,2-5,10-11H2,1H3,(H,25,26,29). The molecule has 1 saturated carbocycles. The fourth-order valence-corrected chi connectivity index (χ4v) is 4.34. The van der Waals surface area contributed by atoms with Gasteiger partial charge in [-0.15, -0.1) is 0 Å². The number of nitrogens with one attached hydrogen (secondary N) is 1. The van der Waals surface area contributed by atoms with E-state index in [0.717, 1.165) is 25.0 Å². The Bertz CT molecular complexity index is 1130. The molecule has 3 aromatic rings. The molecule has 9 heteroatoms. The van der Waals surface area contributed by atoms with E-state index < -0.39 is 11.6 Å². The fourth-order valence-electron chi connectivity index (χ4n) is 4.34. The highest BCUT2D eigenvalue weighted by Crippen LogP contribution is 2.31. The van der Waals surface area contributed by atoms with Crippen molar-refractivity contribution in [3.63, 3.8) is 0 Å². The number of ether oxygens (including phenoxy) is 1. The Labute approximate surface area is 171 Å². The van der Waals surface area contributed by atoms with Gasteiger partial charge < -0.3 is 9.72 Å². The number of fused-ring (bicyclic) bond motifs is 1. The van der Waals surface area contributed by atoms with Crippen LogP contribution in [-0.2, 0) is 0 Å². The van der Waals surface area contributed by atoms with Crippen molar-refractivity contribution in [2.45, 2.75) is 50.8 Å². The molecule has 2 fully saturated rings. The maximum absolute atomic E-state index is 13.3. The highest BCUT2D eigenvalue weighted by Gasteiger charge is 2.34. The van der Waals surface area contributed by atoms with Crippen LogP contribution in [0, 0.1) is 11.6 Å². The van der Waals surface area contributed by atoms with Gasteiger partial charge in [-0.2, -0.15) is 5.10 Å². The van der Waals surface area contributed by atoms with Gasteiger partial charge in [0.25, 0.3) is 5.56 Å². The number of halogens is 2. The third kappa shape index (κ3) is 3.36. The smallest absolute Gasteiger partial charge is 0.262 e. The Morgan fingerprint density at radius 3 is 2.70 bits per heavy atom. The van der Waals surface area contributed by atoms with Crippen molar-refractivity contribution in [3.05, 3.63) is 52.2 Å². The molecule has 1 unspecified atom stereocenters. The van der Waals surface area contributed by atoms with Crippen LogP contribution in [0.3, 0.4) is 0 Å². The minimum absolute atomic E-state index is 0.112. The molecule has 0 amide bonds. The highest BCUT2D eigenvalue weighted by molar-refractivity contribution is 5.73. The summed E-state index contributed by atoms with van der Waals surface area (Å²) in [7, 11) is 0. The summed E-state index contributed by atoms with van der Waals surface area (Å²) < 4.78 is 34.0. The van der Waals surface area contributed by atoms with Crippen LogP contribution in [0.15, 0.2) is 29.2 Å². The lowest BCUT2D eigenvalue weighted by atomic mass is 10.1. The van der Waals surface area contributed by atoms with E-state index in [0.29, 0.717) is 41.7 Å². The molecule has 3 heterocycles. The lowest BCUT2D eigenvalue weighted by molar-refractivity contribution is -0.00753. The Hall–Kier alpha value is -2.81. The maximum atomic E-state index is 13.3. The van der Waals surface area contributed by atoms with Crippen molar-refractivity contribution in [1.82, 2.24) is 24.6 Å². The van der Waals surface area contributed by atoms with Gasteiger partial charge in [0.05, 0.1) is 18.3 Å². The van der Waals surface area contributed by atoms with Crippen LogP contribution < -0.4 is 10.3 Å². The number of aromatic nitrogens is 4. The van der Waals surface area contributed by atoms with Gasteiger partial charge in [-0.1, -0.05) is 12.8 Å². The third-order valence-electron chi connectivity index (χ3n) is 6.17. The van der Waals surface area contributed by atoms with Crippen LogP contribution in [0.1, 0.15) is 50.5 Å². The molecule has 1 atom stereocenters. The first-order chi connectivity index (χ1) is 14.5. The zero-order valence-corrected chi connectivity index (χ0v) is 16.6. The molecule has 1 N–H and O–H groups in total. The van der Waals surface area contributed by atoms with Crippen LogP contribution in [-0.4, -0.2) is 43.8 Å². The summed E-state index contributed by atoms with van der Waals surface area (Å²) in [4.78, 5) is 22.3. The summed E-state index contributed by atoms with van der Waals surface area (Å²) in [6.07, 6.45) is 5.94. The summed E-state index contributed by atoms with van der Waals surface area (Å²) in [5.74, 6) is -0.919. The van der Waals surface area contributed by atoms with Crippen molar-refractivity contribution < 1.29 is 13.5 Å². The lowest BCUT2D eigenvalue weighted by Gasteiger charge is -2.42. The first-order valence-electron chi connectivity index (χ1n) is 10.3. The van der Waals surface area contributed by atoms with Gasteiger partial charge in [0, 0.05) is 19.2 Å². The molecule has 7 nitrogen and oxygen atoms in total. The van der Waals surface area contributed by atoms with E-state index >= 15 is 0 Å². The fraction of sp³-hybridized carbons (Fsp3) is 0.476. The molecule has 0 radical (unpaired) electrons. The minimum Gasteiger partial charge on any atom is -0.488 e. The summed E-state index contributed by atoms with van der Waals surface area (Å²) in [6, 6.07) is 3.72. The quantitative estimate of drug-likeness (QED) is 0.692. The number of H-pyrrole nitrogens is 1. The molecule has 30 heavy (non-hydrogen) atoms. The van der Waals surface area contributed by atoms with E-state index in [9.17, 15) is 13.6 Å². The molecule has 5 rings (SSSR count). The van der Waals surface area contributed by atoms with Gasteiger partial charge in [-0.25, -0.2) is 18.4 Å². The molecular formula is C21H23F2N5O2. The minimum atomic E-state index is -0.925. The summed E-state index contributed by atoms with van der Waals surface area (Å²) in [6.45, 7) is 3.18. The molecule has 0 bridgehead atoms. The van der Waals surface area contributed by atoms with Gasteiger partial charge in [-0.3, -0.25) is 9.69 Å². The van der Waals surface area contributed by atoms with Crippen LogP contribution in [0.4, 0.5) is 8.78 Å². The average Bonchev–Trinajstić information content (AvgIpc) is 3.36. The van der Waals surface area contributed by atoms with Crippen molar-refractivity contribution in [2.75, 3.05) is 13.1 Å². The predicted octanol–water partition coefficient (Wildman–Crippen LogP) is 3.34. The topological polar surface area (TPSA) is 76.0 Å². The van der Waals surface area contributed by atoms with Gasteiger partial charge in [-0.05, 0) is 31.9 Å². The van der Waals surface area contributed by atoms with E-state index in [-0.39, 0.29) is 17.7 Å². The molecule has 1 aromatic carbocycles. The Morgan fingerprint density at radius 2 is 1.97 bits per heavy atom. The number of hydrogen-bond acceptors (Lipinski definition) is 5. The highest BCUT2D eigenvalue weighted by atomic mass is 19.2. The Kier molecular flexibility index (Phi) is 4.77. The second-order valence-corrected chi connectivity index (χ2v) is 8.16. The van der Waals surface area contributed by atoms with Crippen molar-refractivity contribution in [2.24, 2.45) is 0 Å². The van der Waals surface area contributed by atoms with Crippen molar-refractivity contribution in [1.29, 1.82) is 0 Å². The first kappa shape index (κ1) is 19.2.